The highest BCUT2D eigenvalue weighted by Crippen LogP contribution is 2.19. The van der Waals surface area contributed by atoms with Gasteiger partial charge in [0.2, 0.25) is 5.91 Å². The van der Waals surface area contributed by atoms with Crippen LogP contribution in [0.1, 0.15) is 18.4 Å². The summed E-state index contributed by atoms with van der Waals surface area (Å²) in [5.41, 5.74) is 1.34. The first-order chi connectivity index (χ1) is 10.8. The van der Waals surface area contributed by atoms with E-state index >= 15 is 0 Å². The fraction of sp³-hybridized carbons (Fsp3) is 0.588. The van der Waals surface area contributed by atoms with Crippen molar-refractivity contribution in [2.45, 2.75) is 31.5 Å². The van der Waals surface area contributed by atoms with Crippen molar-refractivity contribution >= 4 is 30.7 Å². The number of hydrogen-bond acceptors (Lipinski definition) is 4. The molecule has 24 heavy (non-hydrogen) atoms. The van der Waals surface area contributed by atoms with Gasteiger partial charge in [0, 0.05) is 25.7 Å². The van der Waals surface area contributed by atoms with Crippen LogP contribution in [0.25, 0.3) is 0 Å². The summed E-state index contributed by atoms with van der Waals surface area (Å²) in [4.78, 5) is 14.6. The number of amides is 1. The molecule has 0 radical (unpaired) electrons. The Morgan fingerprint density at radius 2 is 2.08 bits per heavy atom. The lowest BCUT2D eigenvalue weighted by molar-refractivity contribution is -0.126. The predicted octanol–water partition coefficient (Wildman–Crippen LogP) is 1.60. The van der Waals surface area contributed by atoms with E-state index in [1.807, 2.05) is 6.07 Å². The maximum absolute atomic E-state index is 12.1. The minimum Gasteiger partial charge on any atom is -0.378 e. The van der Waals surface area contributed by atoms with Crippen LogP contribution in [0.4, 0.5) is 0 Å². The normalized spacial score (nSPS) is 23.8. The molecule has 0 bridgehead atoms. The Labute approximate surface area is 156 Å². The summed E-state index contributed by atoms with van der Waals surface area (Å²) < 4.78 is 5.34. The number of rotatable bonds is 5. The number of ether oxygens (including phenoxy) is 1. The van der Waals surface area contributed by atoms with E-state index in [0.717, 1.165) is 32.6 Å². The Hall–Kier alpha value is -0.850. The Balaban J connectivity index is 0.00000144. The van der Waals surface area contributed by atoms with Gasteiger partial charge in [-0.3, -0.25) is 9.69 Å². The predicted molar refractivity (Wildman–Crippen MR) is 100.0 cm³/mol. The minimum atomic E-state index is -0.197. The second-order valence-corrected chi connectivity index (χ2v) is 6.08. The van der Waals surface area contributed by atoms with Crippen LogP contribution < -0.4 is 10.6 Å². The Morgan fingerprint density at radius 1 is 1.29 bits per heavy atom. The molecule has 2 aliphatic heterocycles. The summed E-state index contributed by atoms with van der Waals surface area (Å²) in [5, 5.41) is 6.28. The van der Waals surface area contributed by atoms with Gasteiger partial charge in [0.1, 0.15) is 6.04 Å². The first kappa shape index (κ1) is 21.2. The largest absolute Gasteiger partial charge is 0.378 e. The lowest BCUT2D eigenvalue weighted by atomic mass is 10.1. The zero-order valence-corrected chi connectivity index (χ0v) is 15.4. The van der Waals surface area contributed by atoms with E-state index in [0.29, 0.717) is 19.3 Å². The van der Waals surface area contributed by atoms with Gasteiger partial charge in [-0.05, 0) is 24.9 Å². The van der Waals surface area contributed by atoms with E-state index in [2.05, 4.69) is 39.8 Å². The summed E-state index contributed by atoms with van der Waals surface area (Å²) in [6, 6.07) is 10.8. The smallest absolute Gasteiger partial charge is 0.239 e. The first-order valence-electron chi connectivity index (χ1n) is 8.20. The van der Waals surface area contributed by atoms with Crippen LogP contribution in [0.15, 0.2) is 30.3 Å². The van der Waals surface area contributed by atoms with Gasteiger partial charge >= 0.3 is 0 Å². The molecule has 1 aromatic carbocycles. The zero-order chi connectivity index (χ0) is 15.2. The molecule has 1 amide bonds. The first-order valence-corrected chi connectivity index (χ1v) is 8.20. The van der Waals surface area contributed by atoms with Gasteiger partial charge in [-0.15, -0.1) is 24.8 Å². The van der Waals surface area contributed by atoms with Crippen LogP contribution in [0.3, 0.4) is 0 Å². The molecule has 0 saturated carbocycles. The van der Waals surface area contributed by atoms with Gasteiger partial charge < -0.3 is 15.4 Å². The topological polar surface area (TPSA) is 53.6 Å². The summed E-state index contributed by atoms with van der Waals surface area (Å²) in [6.07, 6.45) is 2.36. The molecule has 2 heterocycles. The molecule has 3 rings (SSSR count). The second-order valence-electron chi connectivity index (χ2n) is 6.08. The quantitative estimate of drug-likeness (QED) is 0.820. The van der Waals surface area contributed by atoms with Crippen LogP contribution in [-0.4, -0.2) is 55.7 Å². The monoisotopic (exact) mass is 375 g/mol. The SMILES string of the molecule is Cl.Cl.O=C(NCC1CCCN1Cc1ccccc1)C1COCCN1. The van der Waals surface area contributed by atoms with E-state index in [1.165, 1.54) is 12.0 Å². The summed E-state index contributed by atoms with van der Waals surface area (Å²) in [6.45, 7) is 4.72. The number of nitrogens with zero attached hydrogens (tertiary/aromatic N) is 1. The lowest BCUT2D eigenvalue weighted by Crippen LogP contribution is -2.53. The van der Waals surface area contributed by atoms with Crippen molar-refractivity contribution in [3.05, 3.63) is 35.9 Å². The average Bonchev–Trinajstić information content (AvgIpc) is 3.01. The van der Waals surface area contributed by atoms with Crippen LogP contribution >= 0.6 is 24.8 Å². The fourth-order valence-electron chi connectivity index (χ4n) is 3.23. The van der Waals surface area contributed by atoms with Crippen molar-refractivity contribution in [2.24, 2.45) is 0 Å². The number of likely N-dealkylation sites (tertiary alicyclic amines) is 1. The number of hydrogen-bond donors (Lipinski definition) is 2. The number of nitrogens with one attached hydrogen (secondary N) is 2. The number of morpholine rings is 1. The van der Waals surface area contributed by atoms with Gasteiger partial charge in [0.25, 0.3) is 0 Å². The van der Waals surface area contributed by atoms with Gasteiger partial charge in [-0.1, -0.05) is 30.3 Å². The Morgan fingerprint density at radius 3 is 2.79 bits per heavy atom. The van der Waals surface area contributed by atoms with Crippen LogP contribution in [-0.2, 0) is 16.1 Å². The molecule has 0 spiro atoms. The van der Waals surface area contributed by atoms with E-state index < -0.39 is 0 Å². The molecule has 7 heteroatoms. The molecule has 0 aliphatic carbocycles. The molecular formula is C17H27Cl2N3O2. The van der Waals surface area contributed by atoms with Crippen molar-refractivity contribution in [1.82, 2.24) is 15.5 Å². The number of halogens is 2. The third kappa shape index (κ3) is 5.90. The highest BCUT2D eigenvalue weighted by Gasteiger charge is 2.27. The molecule has 2 atom stereocenters. The van der Waals surface area contributed by atoms with Crippen LogP contribution in [0, 0.1) is 0 Å². The highest BCUT2D eigenvalue weighted by molar-refractivity contribution is 5.85. The van der Waals surface area contributed by atoms with Crippen LogP contribution in [0.5, 0.6) is 0 Å². The summed E-state index contributed by atoms with van der Waals surface area (Å²) in [7, 11) is 0. The average molecular weight is 376 g/mol. The third-order valence-electron chi connectivity index (χ3n) is 4.48. The van der Waals surface area contributed by atoms with Crippen LogP contribution in [0.2, 0.25) is 0 Å². The maximum Gasteiger partial charge on any atom is 0.239 e. The van der Waals surface area contributed by atoms with Gasteiger partial charge in [-0.25, -0.2) is 0 Å². The molecule has 0 aromatic heterocycles. The molecule has 2 aliphatic rings. The molecule has 136 valence electrons. The van der Waals surface area contributed by atoms with Gasteiger partial charge in [0.15, 0.2) is 0 Å². The minimum absolute atomic E-state index is 0. The van der Waals surface area contributed by atoms with E-state index in [4.69, 9.17) is 4.74 Å². The number of benzene rings is 1. The third-order valence-corrected chi connectivity index (χ3v) is 4.48. The summed E-state index contributed by atoms with van der Waals surface area (Å²) >= 11 is 0. The maximum atomic E-state index is 12.1. The Kier molecular flexibility index (Phi) is 9.63. The zero-order valence-electron chi connectivity index (χ0n) is 13.8. The van der Waals surface area contributed by atoms with E-state index in [-0.39, 0.29) is 36.8 Å². The molecular weight excluding hydrogens is 349 g/mol. The van der Waals surface area contributed by atoms with Gasteiger partial charge in [-0.2, -0.15) is 0 Å². The van der Waals surface area contributed by atoms with Crippen molar-refractivity contribution < 1.29 is 9.53 Å². The molecule has 2 N–H and O–H groups in total. The molecule has 2 fully saturated rings. The highest BCUT2D eigenvalue weighted by atomic mass is 35.5. The summed E-state index contributed by atoms with van der Waals surface area (Å²) in [5.74, 6) is 0.0614. The van der Waals surface area contributed by atoms with Gasteiger partial charge in [0.05, 0.1) is 13.2 Å². The molecule has 5 nitrogen and oxygen atoms in total. The fourth-order valence-corrected chi connectivity index (χ4v) is 3.23. The lowest BCUT2D eigenvalue weighted by Gasteiger charge is -2.27. The Bertz CT molecular complexity index is 484. The molecule has 2 unspecified atom stereocenters. The van der Waals surface area contributed by atoms with Crippen molar-refractivity contribution in [3.8, 4) is 0 Å². The van der Waals surface area contributed by atoms with E-state index in [9.17, 15) is 4.79 Å². The second kappa shape index (κ2) is 10.9. The van der Waals surface area contributed by atoms with E-state index in [1.54, 1.807) is 0 Å². The number of carbonyl (C=O) groups is 1. The van der Waals surface area contributed by atoms with Crippen molar-refractivity contribution in [3.63, 3.8) is 0 Å². The molecule has 2 saturated heterocycles. The number of carbonyl (C=O) groups excluding carboxylic acids is 1. The van der Waals surface area contributed by atoms with Crippen molar-refractivity contribution in [2.75, 3.05) is 32.8 Å². The van der Waals surface area contributed by atoms with Crippen molar-refractivity contribution in [1.29, 1.82) is 0 Å². The molecule has 1 aromatic rings. The standard InChI is InChI=1S/C17H25N3O2.2ClH/c21-17(16-13-22-10-8-18-16)19-11-15-7-4-9-20(15)12-14-5-2-1-3-6-14;;/h1-3,5-6,15-16,18H,4,7-13H2,(H,19,21);2*1H.